The summed E-state index contributed by atoms with van der Waals surface area (Å²) >= 11 is 0. The summed E-state index contributed by atoms with van der Waals surface area (Å²) in [5.74, 6) is -2.99. The second-order valence-electron chi connectivity index (χ2n) is 9.19. The molecule has 4 aromatic rings. The van der Waals surface area contributed by atoms with E-state index in [0.717, 1.165) is 12.1 Å². The van der Waals surface area contributed by atoms with E-state index in [2.05, 4.69) is 9.71 Å². The Bertz CT molecular complexity index is 1700. The van der Waals surface area contributed by atoms with Crippen LogP contribution in [0.3, 0.4) is 0 Å². The van der Waals surface area contributed by atoms with E-state index in [9.17, 15) is 26.8 Å². The predicted molar refractivity (Wildman–Crippen MR) is 145 cm³/mol. The highest BCUT2D eigenvalue weighted by atomic mass is 32.2. The first-order valence-corrected chi connectivity index (χ1v) is 13.9. The van der Waals surface area contributed by atoms with E-state index in [-0.39, 0.29) is 54.8 Å². The van der Waals surface area contributed by atoms with E-state index in [1.54, 1.807) is 24.3 Å². The average Bonchev–Trinajstić information content (AvgIpc) is 2.96. The van der Waals surface area contributed by atoms with E-state index in [4.69, 9.17) is 5.73 Å². The molecule has 1 aliphatic rings. The van der Waals surface area contributed by atoms with Gasteiger partial charge in [-0.1, -0.05) is 24.3 Å². The van der Waals surface area contributed by atoms with Gasteiger partial charge in [-0.25, -0.2) is 17.2 Å². The molecule has 206 valence electrons. The topological polar surface area (TPSA) is 126 Å². The number of nitrogens with one attached hydrogen (secondary N) is 1. The van der Waals surface area contributed by atoms with E-state index in [1.807, 2.05) is 0 Å². The lowest BCUT2D eigenvalue weighted by Gasteiger charge is -2.35. The van der Waals surface area contributed by atoms with Crippen molar-refractivity contribution < 1.29 is 26.8 Å². The van der Waals surface area contributed by atoms with E-state index >= 15 is 0 Å². The number of amides is 2. The van der Waals surface area contributed by atoms with Crippen molar-refractivity contribution in [1.29, 1.82) is 0 Å². The molecule has 0 spiro atoms. The summed E-state index contributed by atoms with van der Waals surface area (Å²) < 4.78 is 57.1. The van der Waals surface area contributed by atoms with Crippen LogP contribution in [0.1, 0.15) is 26.3 Å². The Morgan fingerprint density at radius 1 is 0.875 bits per heavy atom. The van der Waals surface area contributed by atoms with Crippen molar-refractivity contribution >= 4 is 38.4 Å². The third-order valence-corrected chi connectivity index (χ3v) is 8.13. The molecule has 12 heteroatoms. The van der Waals surface area contributed by atoms with Crippen molar-refractivity contribution in [3.63, 3.8) is 0 Å². The number of halogens is 2. The normalized spacial score (nSPS) is 13.9. The second-order valence-corrected chi connectivity index (χ2v) is 10.8. The Morgan fingerprint density at radius 3 is 2.17 bits per heavy atom. The van der Waals surface area contributed by atoms with Crippen LogP contribution < -0.4 is 10.5 Å². The highest BCUT2D eigenvalue weighted by Crippen LogP contribution is 2.26. The molecule has 1 saturated heterocycles. The molecule has 5 rings (SSSR count). The molecule has 0 aliphatic carbocycles. The zero-order chi connectivity index (χ0) is 28.4. The van der Waals surface area contributed by atoms with Gasteiger partial charge in [-0.3, -0.25) is 19.3 Å². The molecule has 9 nitrogen and oxygen atoms in total. The van der Waals surface area contributed by atoms with Crippen LogP contribution in [0.4, 0.5) is 14.5 Å². The molecule has 0 saturated carbocycles. The molecule has 0 unspecified atom stereocenters. The number of carbonyl (C=O) groups is 2. The number of aromatic nitrogens is 1. The van der Waals surface area contributed by atoms with Crippen molar-refractivity contribution in [2.24, 2.45) is 5.73 Å². The van der Waals surface area contributed by atoms with Crippen LogP contribution >= 0.6 is 0 Å². The molecule has 2 amide bonds. The Kier molecular flexibility index (Phi) is 7.46. The molecule has 3 aromatic carbocycles. The number of rotatable bonds is 6. The van der Waals surface area contributed by atoms with Crippen LogP contribution in [0.25, 0.3) is 10.9 Å². The van der Waals surface area contributed by atoms with Gasteiger partial charge in [0.2, 0.25) is 0 Å². The van der Waals surface area contributed by atoms with Crippen molar-refractivity contribution in [2.45, 2.75) is 11.4 Å². The quantitative estimate of drug-likeness (QED) is 0.369. The lowest BCUT2D eigenvalue weighted by atomic mass is 10.1. The van der Waals surface area contributed by atoms with Crippen LogP contribution in [0.5, 0.6) is 0 Å². The summed E-state index contributed by atoms with van der Waals surface area (Å²) in [6.07, 6.45) is 1.51. The van der Waals surface area contributed by atoms with Crippen LogP contribution in [0.15, 0.2) is 77.8 Å². The first-order chi connectivity index (χ1) is 19.2. The zero-order valence-electron chi connectivity index (χ0n) is 21.2. The molecule has 0 bridgehead atoms. The monoisotopic (exact) mass is 565 g/mol. The molecule has 0 radical (unpaired) electrons. The van der Waals surface area contributed by atoms with E-state index in [0.29, 0.717) is 16.5 Å². The number of carbonyl (C=O) groups excluding carboxylic acids is 2. The fourth-order valence-electron chi connectivity index (χ4n) is 4.64. The van der Waals surface area contributed by atoms with Crippen LogP contribution in [0.2, 0.25) is 0 Å². The van der Waals surface area contributed by atoms with Gasteiger partial charge in [0.1, 0.15) is 22.1 Å². The Balaban J connectivity index is 1.30. The van der Waals surface area contributed by atoms with Gasteiger partial charge in [0.15, 0.2) is 0 Å². The summed E-state index contributed by atoms with van der Waals surface area (Å²) in [5.41, 5.74) is 6.54. The molecule has 40 heavy (non-hydrogen) atoms. The average molecular weight is 566 g/mol. The molecule has 2 heterocycles. The zero-order valence-corrected chi connectivity index (χ0v) is 22.0. The summed E-state index contributed by atoms with van der Waals surface area (Å²) in [6, 6.07) is 16.1. The maximum atomic E-state index is 14.0. The minimum Gasteiger partial charge on any atom is -0.335 e. The number of fused-ring (bicyclic) bond motifs is 1. The molecule has 0 atom stereocenters. The Labute approximate surface area is 229 Å². The van der Waals surface area contributed by atoms with Crippen molar-refractivity contribution in [3.05, 3.63) is 101 Å². The third kappa shape index (κ3) is 5.23. The highest BCUT2D eigenvalue weighted by Gasteiger charge is 2.29. The van der Waals surface area contributed by atoms with E-state index < -0.39 is 33.1 Å². The van der Waals surface area contributed by atoms with Crippen LogP contribution in [0, 0.1) is 11.6 Å². The lowest BCUT2D eigenvalue weighted by molar-refractivity contribution is 0.0530. The summed E-state index contributed by atoms with van der Waals surface area (Å²) in [7, 11) is -4.02. The van der Waals surface area contributed by atoms with Gasteiger partial charge in [0.25, 0.3) is 21.8 Å². The molecule has 3 N–H and O–H groups in total. The third-order valence-electron chi connectivity index (χ3n) is 6.73. The standard InChI is InChI=1S/C28H25F2N5O4S/c29-21-6-2-7-22(30)25(21)28(37)35-14-12-34(13-15-35)27(36)19-9-10-23(20(16-19)17-31)33-40(38,39)24-8-1-4-18-5-3-11-32-26(18)24/h1-11,16,33H,12-15,17,31H2. The van der Waals surface area contributed by atoms with E-state index in [1.165, 1.54) is 46.3 Å². The van der Waals surface area contributed by atoms with Gasteiger partial charge in [0, 0.05) is 49.9 Å². The SMILES string of the molecule is NCc1cc(C(=O)N2CCN(C(=O)c3c(F)cccc3F)CC2)ccc1NS(=O)(=O)c1cccc2cccnc12. The van der Waals surface area contributed by atoms with Gasteiger partial charge in [-0.05, 0) is 48.0 Å². The summed E-state index contributed by atoms with van der Waals surface area (Å²) in [5, 5.41) is 0.672. The Morgan fingerprint density at radius 2 is 1.50 bits per heavy atom. The fraction of sp³-hybridized carbons (Fsp3) is 0.179. The number of benzene rings is 3. The van der Waals surface area contributed by atoms with Crippen molar-refractivity contribution in [2.75, 3.05) is 30.9 Å². The number of anilines is 1. The number of nitrogens with zero attached hydrogens (tertiary/aromatic N) is 3. The summed E-state index contributed by atoms with van der Waals surface area (Å²) in [6.45, 7) is 0.462. The van der Waals surface area contributed by atoms with Crippen molar-refractivity contribution in [3.8, 4) is 0 Å². The predicted octanol–water partition coefficient (Wildman–Crippen LogP) is 3.37. The minimum absolute atomic E-state index is 0.0106. The summed E-state index contributed by atoms with van der Waals surface area (Å²) in [4.78, 5) is 32.9. The van der Waals surface area contributed by atoms with Gasteiger partial charge >= 0.3 is 0 Å². The number of para-hydroxylation sites is 1. The van der Waals surface area contributed by atoms with Crippen LogP contribution in [-0.4, -0.2) is 61.2 Å². The maximum Gasteiger partial charge on any atom is 0.264 e. The molecule has 1 aromatic heterocycles. The first kappa shape index (κ1) is 27.2. The smallest absolute Gasteiger partial charge is 0.264 e. The fourth-order valence-corrected chi connectivity index (χ4v) is 5.92. The molecule has 1 aliphatic heterocycles. The maximum absolute atomic E-state index is 14.0. The number of nitrogens with two attached hydrogens (primary N) is 1. The molecular formula is C28H25F2N5O4S. The Hall–Kier alpha value is -4.42. The number of piperazine rings is 1. The second kappa shape index (κ2) is 11.0. The number of pyridine rings is 1. The lowest BCUT2D eigenvalue weighted by Crippen LogP contribution is -2.50. The minimum atomic E-state index is -4.02. The van der Waals surface area contributed by atoms with Gasteiger partial charge in [-0.15, -0.1) is 0 Å². The number of hydrogen-bond donors (Lipinski definition) is 2. The van der Waals surface area contributed by atoms with Gasteiger partial charge in [-0.2, -0.15) is 0 Å². The number of sulfonamides is 1. The van der Waals surface area contributed by atoms with Crippen molar-refractivity contribution in [1.82, 2.24) is 14.8 Å². The molecular weight excluding hydrogens is 540 g/mol. The first-order valence-electron chi connectivity index (χ1n) is 12.4. The van der Waals surface area contributed by atoms with Gasteiger partial charge in [0.05, 0.1) is 11.2 Å². The molecule has 1 fully saturated rings. The number of hydrogen-bond acceptors (Lipinski definition) is 6. The van der Waals surface area contributed by atoms with Crippen LogP contribution in [-0.2, 0) is 16.6 Å². The van der Waals surface area contributed by atoms with Gasteiger partial charge < -0.3 is 15.5 Å². The largest absolute Gasteiger partial charge is 0.335 e. The highest BCUT2D eigenvalue weighted by molar-refractivity contribution is 7.93.